The van der Waals surface area contributed by atoms with Crippen molar-refractivity contribution in [3.8, 4) is 0 Å². The first-order valence-corrected chi connectivity index (χ1v) is 7.02. The Morgan fingerprint density at radius 1 is 1.55 bits per heavy atom. The molecular formula is C15H21FN2O2. The highest BCUT2D eigenvalue weighted by Gasteiger charge is 2.37. The minimum atomic E-state index is -1.27. The summed E-state index contributed by atoms with van der Waals surface area (Å²) in [5.74, 6) is -1.17. The number of aromatic nitrogens is 1. The van der Waals surface area contributed by atoms with E-state index in [1.54, 1.807) is 12.4 Å². The maximum Gasteiger partial charge on any atom is 0.306 e. The van der Waals surface area contributed by atoms with Crippen molar-refractivity contribution in [3.05, 3.63) is 29.6 Å². The Bertz CT molecular complexity index is 471. The first kappa shape index (κ1) is 14.9. The van der Waals surface area contributed by atoms with Crippen LogP contribution in [-0.2, 0) is 11.3 Å². The monoisotopic (exact) mass is 280 g/mol. The number of nitrogens with zero attached hydrogens (tertiary/aromatic N) is 1. The molecule has 0 radical (unpaired) electrons. The second-order valence-corrected chi connectivity index (χ2v) is 5.67. The first-order valence-electron chi connectivity index (χ1n) is 7.02. The molecule has 1 aromatic rings. The van der Waals surface area contributed by atoms with Crippen molar-refractivity contribution in [3.63, 3.8) is 0 Å². The van der Waals surface area contributed by atoms with E-state index in [0.717, 1.165) is 11.1 Å². The molecule has 2 rings (SSSR count). The van der Waals surface area contributed by atoms with Gasteiger partial charge in [0, 0.05) is 25.5 Å². The van der Waals surface area contributed by atoms with E-state index in [1.807, 2.05) is 13.0 Å². The lowest BCUT2D eigenvalue weighted by molar-refractivity contribution is -0.143. The maximum atomic E-state index is 14.5. The molecule has 1 aromatic heterocycles. The molecule has 0 spiro atoms. The van der Waals surface area contributed by atoms with Crippen LogP contribution in [0, 0.1) is 12.8 Å². The number of carboxylic acids is 1. The predicted octanol–water partition coefficient (Wildman–Crippen LogP) is 2.46. The van der Waals surface area contributed by atoms with Gasteiger partial charge in [0.2, 0.25) is 0 Å². The number of hydrogen-bond acceptors (Lipinski definition) is 3. The van der Waals surface area contributed by atoms with Crippen LogP contribution in [0.4, 0.5) is 4.39 Å². The van der Waals surface area contributed by atoms with Gasteiger partial charge in [-0.05, 0) is 49.8 Å². The second kappa shape index (κ2) is 6.31. The van der Waals surface area contributed by atoms with Crippen molar-refractivity contribution in [2.75, 3.05) is 6.54 Å². The summed E-state index contributed by atoms with van der Waals surface area (Å²) < 4.78 is 14.5. The standard InChI is InChI=1S/C15H21FN2O2/c1-11-8-17-7-4-13(11)9-18-10-15(16)5-2-12(3-6-15)14(19)20/h4,7-8,12,18H,2-3,5-6,9-10H2,1H3,(H,19,20). The topological polar surface area (TPSA) is 62.2 Å². The Kier molecular flexibility index (Phi) is 4.70. The largest absolute Gasteiger partial charge is 0.481 e. The molecule has 5 heteroatoms. The number of halogens is 1. The minimum absolute atomic E-state index is 0.279. The van der Waals surface area contributed by atoms with Crippen LogP contribution >= 0.6 is 0 Å². The third kappa shape index (κ3) is 3.76. The fourth-order valence-electron chi connectivity index (χ4n) is 2.68. The highest BCUT2D eigenvalue weighted by molar-refractivity contribution is 5.70. The van der Waals surface area contributed by atoms with E-state index in [2.05, 4.69) is 10.3 Å². The zero-order valence-corrected chi connectivity index (χ0v) is 11.7. The molecule has 0 aliphatic heterocycles. The van der Waals surface area contributed by atoms with Crippen LogP contribution in [0.2, 0.25) is 0 Å². The lowest BCUT2D eigenvalue weighted by atomic mass is 9.80. The number of alkyl halides is 1. The average Bonchev–Trinajstić information content (AvgIpc) is 2.41. The Morgan fingerprint density at radius 2 is 2.25 bits per heavy atom. The lowest BCUT2D eigenvalue weighted by Crippen LogP contribution is -2.40. The van der Waals surface area contributed by atoms with Crippen molar-refractivity contribution >= 4 is 5.97 Å². The minimum Gasteiger partial charge on any atom is -0.481 e. The Labute approximate surface area is 118 Å². The van der Waals surface area contributed by atoms with Crippen LogP contribution in [-0.4, -0.2) is 28.3 Å². The Morgan fingerprint density at radius 3 is 2.85 bits per heavy atom. The Hall–Kier alpha value is -1.49. The van der Waals surface area contributed by atoms with Gasteiger partial charge in [-0.3, -0.25) is 9.78 Å². The number of nitrogens with one attached hydrogen (secondary N) is 1. The molecule has 0 saturated heterocycles. The summed E-state index contributed by atoms with van der Waals surface area (Å²) in [6.07, 6.45) is 5.04. The summed E-state index contributed by atoms with van der Waals surface area (Å²) in [7, 11) is 0. The molecule has 110 valence electrons. The quantitative estimate of drug-likeness (QED) is 0.869. The number of carboxylic acid groups (broad SMARTS) is 1. The summed E-state index contributed by atoms with van der Waals surface area (Å²) in [6.45, 7) is 2.87. The highest BCUT2D eigenvalue weighted by Crippen LogP contribution is 2.34. The van der Waals surface area contributed by atoms with Crippen LogP contribution in [0.25, 0.3) is 0 Å². The third-order valence-corrected chi connectivity index (χ3v) is 4.12. The maximum absolute atomic E-state index is 14.5. The van der Waals surface area contributed by atoms with E-state index < -0.39 is 11.6 Å². The van der Waals surface area contributed by atoms with E-state index >= 15 is 0 Å². The van der Waals surface area contributed by atoms with Crippen molar-refractivity contribution in [2.45, 2.75) is 44.8 Å². The van der Waals surface area contributed by atoms with E-state index in [1.165, 1.54) is 0 Å². The molecule has 20 heavy (non-hydrogen) atoms. The smallest absolute Gasteiger partial charge is 0.306 e. The van der Waals surface area contributed by atoms with Crippen LogP contribution in [0.15, 0.2) is 18.5 Å². The molecule has 1 fully saturated rings. The van der Waals surface area contributed by atoms with Gasteiger partial charge in [-0.25, -0.2) is 4.39 Å². The zero-order chi connectivity index (χ0) is 14.6. The van der Waals surface area contributed by atoms with Crippen molar-refractivity contribution in [1.29, 1.82) is 0 Å². The normalized spacial score (nSPS) is 26.4. The molecule has 1 aliphatic carbocycles. The van der Waals surface area contributed by atoms with Gasteiger partial charge in [0.05, 0.1) is 5.92 Å². The lowest BCUT2D eigenvalue weighted by Gasteiger charge is -2.32. The summed E-state index contributed by atoms with van der Waals surface area (Å²) >= 11 is 0. The van der Waals surface area contributed by atoms with Crippen LogP contribution in [0.1, 0.15) is 36.8 Å². The zero-order valence-electron chi connectivity index (χ0n) is 11.7. The van der Waals surface area contributed by atoms with E-state index in [4.69, 9.17) is 5.11 Å². The van der Waals surface area contributed by atoms with E-state index in [-0.39, 0.29) is 12.5 Å². The molecule has 1 saturated carbocycles. The van der Waals surface area contributed by atoms with Crippen molar-refractivity contribution in [1.82, 2.24) is 10.3 Å². The van der Waals surface area contributed by atoms with Crippen molar-refractivity contribution < 1.29 is 14.3 Å². The molecule has 2 N–H and O–H groups in total. The number of aryl methyl sites for hydroxylation is 1. The predicted molar refractivity (Wildman–Crippen MR) is 74.1 cm³/mol. The number of pyridine rings is 1. The molecule has 4 nitrogen and oxygen atoms in total. The van der Waals surface area contributed by atoms with Gasteiger partial charge in [-0.1, -0.05) is 0 Å². The fourth-order valence-corrected chi connectivity index (χ4v) is 2.68. The van der Waals surface area contributed by atoms with Gasteiger partial charge in [0.15, 0.2) is 0 Å². The average molecular weight is 280 g/mol. The van der Waals surface area contributed by atoms with Crippen LogP contribution < -0.4 is 5.32 Å². The Balaban J connectivity index is 1.80. The number of aliphatic carboxylic acids is 1. The second-order valence-electron chi connectivity index (χ2n) is 5.67. The SMILES string of the molecule is Cc1cnccc1CNCC1(F)CCC(C(=O)O)CC1. The fraction of sp³-hybridized carbons (Fsp3) is 0.600. The van der Waals surface area contributed by atoms with Crippen molar-refractivity contribution in [2.24, 2.45) is 5.92 Å². The molecular weight excluding hydrogens is 259 g/mol. The number of hydrogen-bond donors (Lipinski definition) is 2. The highest BCUT2D eigenvalue weighted by atomic mass is 19.1. The summed E-state index contributed by atoms with van der Waals surface area (Å²) in [5, 5.41) is 12.1. The van der Waals surface area contributed by atoms with Gasteiger partial charge < -0.3 is 10.4 Å². The molecule has 0 bridgehead atoms. The first-order chi connectivity index (χ1) is 9.50. The number of rotatable bonds is 5. The third-order valence-electron chi connectivity index (χ3n) is 4.12. The van der Waals surface area contributed by atoms with Gasteiger partial charge in [0.1, 0.15) is 5.67 Å². The van der Waals surface area contributed by atoms with E-state index in [0.29, 0.717) is 32.2 Å². The molecule has 0 atom stereocenters. The van der Waals surface area contributed by atoms with Crippen LogP contribution in [0.5, 0.6) is 0 Å². The van der Waals surface area contributed by atoms with Gasteiger partial charge in [-0.2, -0.15) is 0 Å². The van der Waals surface area contributed by atoms with Crippen LogP contribution in [0.3, 0.4) is 0 Å². The van der Waals surface area contributed by atoms with E-state index in [9.17, 15) is 9.18 Å². The molecule has 1 aliphatic rings. The van der Waals surface area contributed by atoms with Gasteiger partial charge >= 0.3 is 5.97 Å². The summed E-state index contributed by atoms with van der Waals surface area (Å²) in [5.41, 5.74) is 0.928. The molecule has 0 unspecified atom stereocenters. The molecule has 0 amide bonds. The van der Waals surface area contributed by atoms with Gasteiger partial charge in [-0.15, -0.1) is 0 Å². The molecule has 1 heterocycles. The summed E-state index contributed by atoms with van der Waals surface area (Å²) in [4.78, 5) is 14.9. The molecule has 0 aromatic carbocycles. The van der Waals surface area contributed by atoms with Gasteiger partial charge in [0.25, 0.3) is 0 Å². The summed E-state index contributed by atoms with van der Waals surface area (Å²) in [6, 6.07) is 1.93. The number of carbonyl (C=O) groups is 1.